The number of rotatable bonds is 14. The number of nitriles is 1. The van der Waals surface area contributed by atoms with Gasteiger partial charge in [-0.3, -0.25) is 0 Å². The van der Waals surface area contributed by atoms with E-state index < -0.39 is 0 Å². The molecule has 0 saturated carbocycles. The molecule has 0 amide bonds. The lowest BCUT2D eigenvalue weighted by atomic mass is 10.1. The Morgan fingerprint density at radius 3 is 1.74 bits per heavy atom. The Hall–Kier alpha value is -0.550. The van der Waals surface area contributed by atoms with E-state index in [2.05, 4.69) is 24.8 Å². The maximum absolute atomic E-state index is 8.58. The van der Waals surface area contributed by atoms with E-state index in [0.717, 1.165) is 13.1 Å². The van der Waals surface area contributed by atoms with Gasteiger partial charge in [0.05, 0.1) is 6.07 Å². The molecule has 0 rings (SSSR count). The van der Waals surface area contributed by atoms with E-state index in [1.165, 1.54) is 70.8 Å². The summed E-state index contributed by atoms with van der Waals surface area (Å²) in [6, 6.07) is 2.23. The molecule has 0 atom stereocenters. The lowest BCUT2D eigenvalue weighted by Crippen LogP contribution is -2.25. The van der Waals surface area contributed by atoms with Gasteiger partial charge in [0.25, 0.3) is 0 Å². The van der Waals surface area contributed by atoms with Crippen LogP contribution in [0.5, 0.6) is 0 Å². The lowest BCUT2D eigenvalue weighted by molar-refractivity contribution is 0.286. The Morgan fingerprint density at radius 1 is 0.737 bits per heavy atom. The SMILES string of the molecule is CCCCCCCCCCCCN(CC)CCC#N. The second kappa shape index (κ2) is 15.5. The second-order valence-corrected chi connectivity index (χ2v) is 5.52. The molecule has 19 heavy (non-hydrogen) atoms. The zero-order valence-corrected chi connectivity index (χ0v) is 13.3. The maximum Gasteiger partial charge on any atom is 0.0635 e. The normalized spacial score (nSPS) is 10.8. The molecule has 0 radical (unpaired) electrons. The van der Waals surface area contributed by atoms with Crippen LogP contribution in [0.1, 0.15) is 84.5 Å². The van der Waals surface area contributed by atoms with Crippen molar-refractivity contribution in [3.05, 3.63) is 0 Å². The van der Waals surface area contributed by atoms with Crippen molar-refractivity contribution in [1.29, 1.82) is 5.26 Å². The van der Waals surface area contributed by atoms with Gasteiger partial charge in [-0.2, -0.15) is 5.26 Å². The second-order valence-electron chi connectivity index (χ2n) is 5.52. The predicted octanol–water partition coefficient (Wildman–Crippen LogP) is 5.14. The van der Waals surface area contributed by atoms with Crippen LogP contribution in [-0.4, -0.2) is 24.5 Å². The zero-order chi connectivity index (χ0) is 14.2. The summed E-state index contributed by atoms with van der Waals surface area (Å²) in [4.78, 5) is 2.40. The third kappa shape index (κ3) is 13.7. The van der Waals surface area contributed by atoms with E-state index in [1.807, 2.05) is 0 Å². The first-order valence-corrected chi connectivity index (χ1v) is 8.44. The molecule has 0 aromatic rings. The summed E-state index contributed by atoms with van der Waals surface area (Å²) in [6.07, 6.45) is 14.6. The predicted molar refractivity (Wildman–Crippen MR) is 84.2 cm³/mol. The molecule has 0 aliphatic carbocycles. The van der Waals surface area contributed by atoms with Crippen molar-refractivity contribution >= 4 is 0 Å². The molecule has 0 heterocycles. The summed E-state index contributed by atoms with van der Waals surface area (Å²) in [5.74, 6) is 0. The molecule has 112 valence electrons. The first-order chi connectivity index (χ1) is 9.35. The first kappa shape index (κ1) is 18.4. The molecule has 0 aromatic carbocycles. The fourth-order valence-corrected chi connectivity index (χ4v) is 2.46. The summed E-state index contributed by atoms with van der Waals surface area (Å²) in [7, 11) is 0. The standard InChI is InChI=1S/C17H34N2/c1-3-5-6-7-8-9-10-11-12-13-16-19(4-2)17-14-15-18/h3-14,16-17H2,1-2H3. The fourth-order valence-electron chi connectivity index (χ4n) is 2.46. The van der Waals surface area contributed by atoms with Crippen molar-refractivity contribution in [2.24, 2.45) is 0 Å². The topological polar surface area (TPSA) is 27.0 Å². The van der Waals surface area contributed by atoms with Gasteiger partial charge in [0.2, 0.25) is 0 Å². The molecule has 0 saturated heterocycles. The molecular weight excluding hydrogens is 232 g/mol. The molecule has 2 heteroatoms. The van der Waals surface area contributed by atoms with E-state index in [9.17, 15) is 0 Å². The van der Waals surface area contributed by atoms with Gasteiger partial charge in [0.15, 0.2) is 0 Å². The fraction of sp³-hybridized carbons (Fsp3) is 0.941. The van der Waals surface area contributed by atoms with Crippen molar-refractivity contribution in [3.8, 4) is 6.07 Å². The summed E-state index contributed by atoms with van der Waals surface area (Å²) < 4.78 is 0. The average Bonchev–Trinajstić information content (AvgIpc) is 2.44. The van der Waals surface area contributed by atoms with Gasteiger partial charge in [-0.15, -0.1) is 0 Å². The van der Waals surface area contributed by atoms with Crippen molar-refractivity contribution in [2.75, 3.05) is 19.6 Å². The van der Waals surface area contributed by atoms with Crippen LogP contribution in [0.4, 0.5) is 0 Å². The van der Waals surface area contributed by atoms with Crippen LogP contribution in [0.3, 0.4) is 0 Å². The van der Waals surface area contributed by atoms with Gasteiger partial charge in [0, 0.05) is 13.0 Å². The Kier molecular flexibility index (Phi) is 15.1. The minimum absolute atomic E-state index is 0.672. The zero-order valence-electron chi connectivity index (χ0n) is 13.3. The number of nitrogens with zero attached hydrogens (tertiary/aromatic N) is 2. The Bertz CT molecular complexity index is 208. The van der Waals surface area contributed by atoms with Crippen LogP contribution < -0.4 is 0 Å². The highest BCUT2D eigenvalue weighted by molar-refractivity contribution is 4.71. The average molecular weight is 266 g/mol. The Balaban J connectivity index is 3.19. The summed E-state index contributed by atoms with van der Waals surface area (Å²) in [6.45, 7) is 7.67. The Labute approximate surface area is 121 Å². The van der Waals surface area contributed by atoms with Gasteiger partial charge in [0.1, 0.15) is 0 Å². The maximum atomic E-state index is 8.58. The minimum Gasteiger partial charge on any atom is -0.303 e. The van der Waals surface area contributed by atoms with E-state index >= 15 is 0 Å². The number of unbranched alkanes of at least 4 members (excludes halogenated alkanes) is 9. The van der Waals surface area contributed by atoms with E-state index in [1.54, 1.807) is 0 Å². The lowest BCUT2D eigenvalue weighted by Gasteiger charge is -2.18. The highest BCUT2D eigenvalue weighted by Crippen LogP contribution is 2.10. The Morgan fingerprint density at radius 2 is 1.26 bits per heavy atom. The quantitative estimate of drug-likeness (QED) is 0.407. The highest BCUT2D eigenvalue weighted by atomic mass is 15.1. The molecule has 0 fully saturated rings. The van der Waals surface area contributed by atoms with Gasteiger partial charge in [-0.05, 0) is 19.5 Å². The van der Waals surface area contributed by atoms with Gasteiger partial charge < -0.3 is 4.90 Å². The van der Waals surface area contributed by atoms with Crippen LogP contribution >= 0.6 is 0 Å². The van der Waals surface area contributed by atoms with E-state index in [0.29, 0.717) is 6.42 Å². The molecule has 0 aliphatic rings. The molecule has 0 aromatic heterocycles. The summed E-state index contributed by atoms with van der Waals surface area (Å²) in [5, 5.41) is 8.58. The molecule has 0 aliphatic heterocycles. The third-order valence-corrected chi connectivity index (χ3v) is 3.81. The third-order valence-electron chi connectivity index (χ3n) is 3.81. The van der Waals surface area contributed by atoms with Crippen LogP contribution in [0.2, 0.25) is 0 Å². The van der Waals surface area contributed by atoms with E-state index in [4.69, 9.17) is 5.26 Å². The minimum atomic E-state index is 0.672. The van der Waals surface area contributed by atoms with Crippen LogP contribution in [0.25, 0.3) is 0 Å². The smallest absolute Gasteiger partial charge is 0.0635 e. The largest absolute Gasteiger partial charge is 0.303 e. The van der Waals surface area contributed by atoms with E-state index in [-0.39, 0.29) is 0 Å². The van der Waals surface area contributed by atoms with Crippen LogP contribution in [0.15, 0.2) is 0 Å². The summed E-state index contributed by atoms with van der Waals surface area (Å²) >= 11 is 0. The molecule has 0 unspecified atom stereocenters. The van der Waals surface area contributed by atoms with Crippen LogP contribution in [0, 0.1) is 11.3 Å². The van der Waals surface area contributed by atoms with Crippen LogP contribution in [-0.2, 0) is 0 Å². The molecule has 0 bridgehead atoms. The van der Waals surface area contributed by atoms with Gasteiger partial charge in [-0.25, -0.2) is 0 Å². The van der Waals surface area contributed by atoms with Crippen molar-refractivity contribution in [2.45, 2.75) is 84.5 Å². The van der Waals surface area contributed by atoms with Crippen molar-refractivity contribution in [1.82, 2.24) is 4.90 Å². The molecule has 2 nitrogen and oxygen atoms in total. The molecule has 0 spiro atoms. The highest BCUT2D eigenvalue weighted by Gasteiger charge is 2.00. The summed E-state index contributed by atoms with van der Waals surface area (Å²) in [5.41, 5.74) is 0. The van der Waals surface area contributed by atoms with Crippen molar-refractivity contribution in [3.63, 3.8) is 0 Å². The number of hydrogen-bond acceptors (Lipinski definition) is 2. The molecule has 0 N–H and O–H groups in total. The van der Waals surface area contributed by atoms with Crippen molar-refractivity contribution < 1.29 is 0 Å². The monoisotopic (exact) mass is 266 g/mol. The first-order valence-electron chi connectivity index (χ1n) is 8.44. The number of hydrogen-bond donors (Lipinski definition) is 0. The van der Waals surface area contributed by atoms with Gasteiger partial charge in [-0.1, -0.05) is 71.6 Å². The van der Waals surface area contributed by atoms with Gasteiger partial charge >= 0.3 is 0 Å². The molecular formula is C17H34N2.